The Kier molecular flexibility index (Phi) is 6.15. The molecule has 0 radical (unpaired) electrons. The normalized spacial score (nSPS) is 11.2. The van der Waals surface area contributed by atoms with E-state index in [0.29, 0.717) is 27.2 Å². The number of carbonyl (C=O) groups excluding carboxylic acids is 2. The summed E-state index contributed by atoms with van der Waals surface area (Å²) < 4.78 is 7.12. The van der Waals surface area contributed by atoms with E-state index in [2.05, 4.69) is 26.2 Å². The van der Waals surface area contributed by atoms with Crippen LogP contribution < -0.4 is 16.0 Å². The third kappa shape index (κ3) is 4.08. The number of aryl methyl sites for hydroxylation is 2. The second-order valence-corrected chi connectivity index (χ2v) is 10.2. The Morgan fingerprint density at radius 1 is 1.11 bits per heavy atom. The van der Waals surface area contributed by atoms with Crippen LogP contribution in [0.15, 0.2) is 68.4 Å². The molecule has 0 saturated carbocycles. The molecule has 180 valence electrons. The molecule has 8 nitrogen and oxygen atoms in total. The standard InChI is InChI=1S/C26H19BrN4O4S/c1-13-18(12-19(32)15-8-10-16(27)11-9-15)14(2)29-25-20(13)21(28)24(36-25)23(33)22-26(34)35-30-31(22)17-6-4-3-5-7-17/h3-11H,12H2,1-2H3,(H2-,28,30,33,34)/p+1. The summed E-state index contributed by atoms with van der Waals surface area (Å²) in [6, 6.07) is 16.0. The van der Waals surface area contributed by atoms with E-state index in [9.17, 15) is 14.4 Å². The van der Waals surface area contributed by atoms with Gasteiger partial charge >= 0.3 is 11.3 Å². The first-order chi connectivity index (χ1) is 17.3. The number of pyridine rings is 1. The molecule has 0 unspecified atom stereocenters. The van der Waals surface area contributed by atoms with Gasteiger partial charge in [0.05, 0.1) is 5.69 Å². The van der Waals surface area contributed by atoms with Gasteiger partial charge in [-0.25, -0.2) is 9.78 Å². The van der Waals surface area contributed by atoms with Gasteiger partial charge in [-0.2, -0.15) is 0 Å². The van der Waals surface area contributed by atoms with Gasteiger partial charge in [0.25, 0.3) is 5.78 Å². The maximum atomic E-state index is 13.5. The zero-order valence-corrected chi connectivity index (χ0v) is 21.7. The summed E-state index contributed by atoms with van der Waals surface area (Å²) in [4.78, 5) is 44.4. The van der Waals surface area contributed by atoms with Crippen molar-refractivity contribution in [3.8, 4) is 5.69 Å². The molecular formula is C26H20BrN4O4S+. The molecule has 0 fully saturated rings. The molecule has 0 aliphatic carbocycles. The predicted octanol–water partition coefficient (Wildman–Crippen LogP) is 4.47. The van der Waals surface area contributed by atoms with E-state index in [0.717, 1.165) is 26.9 Å². The van der Waals surface area contributed by atoms with Crippen molar-refractivity contribution in [3.05, 3.63) is 102 Å². The minimum Gasteiger partial charge on any atom is -0.397 e. The molecule has 3 aromatic heterocycles. The van der Waals surface area contributed by atoms with Gasteiger partial charge in [0, 0.05) is 39.7 Å². The number of aromatic amines is 1. The summed E-state index contributed by atoms with van der Waals surface area (Å²) >= 11 is 4.49. The highest BCUT2D eigenvalue weighted by Gasteiger charge is 2.35. The van der Waals surface area contributed by atoms with Crippen LogP contribution in [-0.4, -0.2) is 21.8 Å². The average molecular weight is 564 g/mol. The highest BCUT2D eigenvalue weighted by Crippen LogP contribution is 2.37. The molecule has 0 bridgehead atoms. The van der Waals surface area contributed by atoms with Crippen LogP contribution in [0, 0.1) is 13.8 Å². The number of anilines is 1. The lowest BCUT2D eigenvalue weighted by Gasteiger charge is -2.11. The van der Waals surface area contributed by atoms with Gasteiger partial charge in [0.1, 0.15) is 9.71 Å². The highest BCUT2D eigenvalue weighted by atomic mass is 79.9. The Balaban J connectivity index is 1.57. The molecule has 0 aliphatic rings. The number of Topliss-reactive ketones (excluding diaryl/α,β-unsaturated/α-hetero) is 1. The number of fused-ring (bicyclic) bond motifs is 1. The minimum atomic E-state index is -0.803. The molecule has 36 heavy (non-hydrogen) atoms. The molecular weight excluding hydrogens is 544 g/mol. The Morgan fingerprint density at radius 2 is 1.81 bits per heavy atom. The number of nitrogens with two attached hydrogens (primary N) is 1. The van der Waals surface area contributed by atoms with Crippen LogP contribution in [0.3, 0.4) is 0 Å². The van der Waals surface area contributed by atoms with Crippen molar-refractivity contribution in [1.29, 1.82) is 0 Å². The molecule has 10 heteroatoms. The fourth-order valence-electron chi connectivity index (χ4n) is 4.18. The molecule has 0 aliphatic heterocycles. The average Bonchev–Trinajstić information content (AvgIpc) is 3.41. The van der Waals surface area contributed by atoms with Gasteiger partial charge in [-0.3, -0.25) is 14.1 Å². The first kappa shape index (κ1) is 23.8. The van der Waals surface area contributed by atoms with Crippen molar-refractivity contribution < 1.29 is 18.8 Å². The number of hydrogen-bond donors (Lipinski definition) is 2. The zero-order valence-electron chi connectivity index (χ0n) is 19.3. The highest BCUT2D eigenvalue weighted by molar-refractivity contribution is 9.10. The monoisotopic (exact) mass is 563 g/mol. The van der Waals surface area contributed by atoms with Crippen LogP contribution in [0.1, 0.15) is 42.5 Å². The Bertz CT molecular complexity index is 1700. The molecule has 5 aromatic rings. The summed E-state index contributed by atoms with van der Waals surface area (Å²) in [6.45, 7) is 3.70. The number of para-hydroxylation sites is 1. The van der Waals surface area contributed by atoms with Crippen molar-refractivity contribution in [2.24, 2.45) is 0 Å². The van der Waals surface area contributed by atoms with Crippen LogP contribution in [0.4, 0.5) is 5.69 Å². The number of rotatable bonds is 6. The summed E-state index contributed by atoms with van der Waals surface area (Å²) in [7, 11) is 0. The largest absolute Gasteiger partial charge is 0.439 e. The summed E-state index contributed by atoms with van der Waals surface area (Å²) in [5, 5.41) is 3.09. The zero-order chi connectivity index (χ0) is 25.6. The van der Waals surface area contributed by atoms with E-state index in [-0.39, 0.29) is 28.5 Å². The van der Waals surface area contributed by atoms with E-state index in [1.807, 2.05) is 32.0 Å². The number of nitrogens with one attached hydrogen (secondary N) is 1. The van der Waals surface area contributed by atoms with E-state index >= 15 is 0 Å². The van der Waals surface area contributed by atoms with Gasteiger partial charge in [-0.05, 0) is 47.1 Å². The van der Waals surface area contributed by atoms with Crippen molar-refractivity contribution in [2.45, 2.75) is 20.3 Å². The molecule has 3 heterocycles. The second kappa shape index (κ2) is 9.29. The lowest BCUT2D eigenvalue weighted by molar-refractivity contribution is -0.672. The number of nitrogen functional groups attached to an aromatic ring is 1. The number of benzene rings is 2. The van der Waals surface area contributed by atoms with Gasteiger partial charge in [0.15, 0.2) is 5.78 Å². The number of nitrogens with zero attached hydrogens (tertiary/aromatic N) is 2. The Hall–Kier alpha value is -3.89. The number of hydrogen-bond acceptors (Lipinski definition) is 7. The number of H-pyrrole nitrogens is 1. The first-order valence-electron chi connectivity index (χ1n) is 11.0. The Morgan fingerprint density at radius 3 is 2.50 bits per heavy atom. The molecule has 5 rings (SSSR count). The van der Waals surface area contributed by atoms with E-state index in [1.165, 1.54) is 4.68 Å². The van der Waals surface area contributed by atoms with Crippen molar-refractivity contribution in [2.75, 3.05) is 5.73 Å². The van der Waals surface area contributed by atoms with Crippen LogP contribution in [0.25, 0.3) is 15.9 Å². The van der Waals surface area contributed by atoms with Crippen LogP contribution in [0.2, 0.25) is 0 Å². The van der Waals surface area contributed by atoms with E-state index < -0.39 is 11.4 Å². The van der Waals surface area contributed by atoms with Crippen molar-refractivity contribution in [3.63, 3.8) is 0 Å². The fourth-order valence-corrected chi connectivity index (χ4v) is 5.58. The molecule has 0 saturated heterocycles. The molecule has 0 spiro atoms. The third-order valence-electron chi connectivity index (χ3n) is 6.05. The van der Waals surface area contributed by atoms with Gasteiger partial charge in [0.2, 0.25) is 5.69 Å². The first-order valence-corrected chi connectivity index (χ1v) is 12.6. The van der Waals surface area contributed by atoms with Crippen LogP contribution >= 0.6 is 27.3 Å². The quantitative estimate of drug-likeness (QED) is 0.232. The van der Waals surface area contributed by atoms with Crippen LogP contribution in [0.5, 0.6) is 0 Å². The van der Waals surface area contributed by atoms with Gasteiger partial charge in [-0.15, -0.1) is 11.3 Å². The topological polar surface area (TPSA) is 123 Å². The lowest BCUT2D eigenvalue weighted by atomic mass is 9.96. The lowest BCUT2D eigenvalue weighted by Crippen LogP contribution is -2.41. The van der Waals surface area contributed by atoms with E-state index in [4.69, 9.17) is 10.3 Å². The fraction of sp³-hybridized carbons (Fsp3) is 0.115. The molecule has 0 amide bonds. The van der Waals surface area contributed by atoms with Gasteiger partial charge < -0.3 is 5.73 Å². The third-order valence-corrected chi connectivity index (χ3v) is 7.67. The summed E-state index contributed by atoms with van der Waals surface area (Å²) in [5.41, 5.74) is 9.09. The maximum absolute atomic E-state index is 13.5. The number of aromatic nitrogens is 3. The number of halogens is 1. The second-order valence-electron chi connectivity index (χ2n) is 8.26. The molecule has 3 N–H and O–H groups in total. The number of carbonyl (C=O) groups is 2. The predicted molar refractivity (Wildman–Crippen MR) is 140 cm³/mol. The molecule has 0 atom stereocenters. The van der Waals surface area contributed by atoms with Crippen LogP contribution in [-0.2, 0) is 6.42 Å². The molecule has 2 aromatic carbocycles. The smallest absolute Gasteiger partial charge is 0.397 e. The van der Waals surface area contributed by atoms with Gasteiger partial charge in [-0.1, -0.05) is 46.3 Å². The number of ketones is 2. The number of thiophene rings is 1. The Labute approximate surface area is 217 Å². The van der Waals surface area contributed by atoms with Crippen molar-refractivity contribution >= 4 is 54.7 Å². The van der Waals surface area contributed by atoms with Crippen molar-refractivity contribution in [1.82, 2.24) is 10.3 Å². The summed E-state index contributed by atoms with van der Waals surface area (Å²) in [5.74, 6) is -0.618. The SMILES string of the molecule is Cc1nc2sc(C(=O)c3c(=O)o[nH][n+]3-c3ccccc3)c(N)c2c(C)c1CC(=O)c1ccc(Br)cc1. The van der Waals surface area contributed by atoms with E-state index in [1.54, 1.807) is 36.4 Å². The minimum absolute atomic E-state index is 0.0474. The summed E-state index contributed by atoms with van der Waals surface area (Å²) in [6.07, 6.45) is 0.149. The maximum Gasteiger partial charge on any atom is 0.439 e.